The van der Waals surface area contributed by atoms with E-state index in [-0.39, 0.29) is 17.6 Å². The van der Waals surface area contributed by atoms with Gasteiger partial charge in [-0.2, -0.15) is 0 Å². The average molecular weight is 263 g/mol. The van der Waals surface area contributed by atoms with Crippen LogP contribution < -0.4 is 10.6 Å². The molecular formula is C13H17N3O3. The van der Waals surface area contributed by atoms with Crippen molar-refractivity contribution in [1.29, 1.82) is 0 Å². The number of non-ortho nitro benzene ring substituents is 1. The van der Waals surface area contributed by atoms with E-state index in [2.05, 4.69) is 24.5 Å². The molecule has 0 saturated carbocycles. The number of nitro benzene ring substituents is 1. The zero-order valence-corrected chi connectivity index (χ0v) is 11.0. The van der Waals surface area contributed by atoms with E-state index in [1.54, 1.807) is 0 Å². The van der Waals surface area contributed by atoms with Crippen LogP contribution in [0.25, 0.3) is 0 Å². The van der Waals surface area contributed by atoms with Gasteiger partial charge in [0, 0.05) is 24.7 Å². The fourth-order valence-electron chi connectivity index (χ4n) is 2.25. The number of nitrogens with one attached hydrogen (secondary N) is 2. The van der Waals surface area contributed by atoms with E-state index >= 15 is 0 Å². The minimum absolute atomic E-state index is 0.0126. The smallest absolute Gasteiger partial charge is 0.271 e. The van der Waals surface area contributed by atoms with Gasteiger partial charge in [0.2, 0.25) is 0 Å². The molecule has 0 radical (unpaired) electrons. The summed E-state index contributed by atoms with van der Waals surface area (Å²) in [5.41, 5.74) is 0.969. The van der Waals surface area contributed by atoms with Crippen molar-refractivity contribution in [2.45, 2.75) is 26.3 Å². The summed E-state index contributed by atoms with van der Waals surface area (Å²) in [7, 11) is 0. The van der Waals surface area contributed by atoms with E-state index in [0.717, 1.165) is 6.42 Å². The Bertz CT molecular complexity index is 514. The molecular weight excluding hydrogens is 246 g/mol. The van der Waals surface area contributed by atoms with E-state index in [1.165, 1.54) is 18.2 Å². The molecule has 1 aromatic carbocycles. The summed E-state index contributed by atoms with van der Waals surface area (Å²) in [4.78, 5) is 22.3. The standard InChI is InChI=1S/C13H17N3O3/c1-8(2)5-9-7-14-12-6-10(16(18)19)3-4-11(12)13(17)15-9/h3-4,6,8-9,14H,5,7H2,1-2H3,(H,15,17). The molecule has 102 valence electrons. The number of amides is 1. The van der Waals surface area contributed by atoms with Gasteiger partial charge >= 0.3 is 0 Å². The topological polar surface area (TPSA) is 84.3 Å². The van der Waals surface area contributed by atoms with Crippen LogP contribution in [0.15, 0.2) is 18.2 Å². The van der Waals surface area contributed by atoms with E-state index in [4.69, 9.17) is 0 Å². The van der Waals surface area contributed by atoms with Crippen molar-refractivity contribution in [3.8, 4) is 0 Å². The van der Waals surface area contributed by atoms with Gasteiger partial charge in [-0.05, 0) is 18.4 Å². The molecule has 0 aliphatic carbocycles. The zero-order valence-electron chi connectivity index (χ0n) is 11.0. The lowest BCUT2D eigenvalue weighted by Gasteiger charge is -2.17. The van der Waals surface area contributed by atoms with Gasteiger partial charge in [0.05, 0.1) is 16.2 Å². The fraction of sp³-hybridized carbons (Fsp3) is 0.462. The van der Waals surface area contributed by atoms with Gasteiger partial charge in [0.25, 0.3) is 11.6 Å². The number of nitro groups is 1. The van der Waals surface area contributed by atoms with Crippen molar-refractivity contribution in [1.82, 2.24) is 5.32 Å². The first-order valence-electron chi connectivity index (χ1n) is 6.30. The Labute approximate surface area is 111 Å². The molecule has 1 atom stereocenters. The summed E-state index contributed by atoms with van der Waals surface area (Å²) < 4.78 is 0. The van der Waals surface area contributed by atoms with E-state index in [0.29, 0.717) is 23.7 Å². The Hall–Kier alpha value is -2.11. The van der Waals surface area contributed by atoms with E-state index in [1.807, 2.05) is 0 Å². The first-order valence-corrected chi connectivity index (χ1v) is 6.30. The molecule has 2 N–H and O–H groups in total. The number of benzene rings is 1. The molecule has 19 heavy (non-hydrogen) atoms. The van der Waals surface area contributed by atoms with Crippen LogP contribution in [0.4, 0.5) is 11.4 Å². The van der Waals surface area contributed by atoms with Crippen LogP contribution in [0.2, 0.25) is 0 Å². The lowest BCUT2D eigenvalue weighted by Crippen LogP contribution is -2.37. The van der Waals surface area contributed by atoms with Crippen LogP contribution >= 0.6 is 0 Å². The highest BCUT2D eigenvalue weighted by Gasteiger charge is 2.23. The molecule has 1 aliphatic rings. The highest BCUT2D eigenvalue weighted by molar-refractivity contribution is 6.00. The van der Waals surface area contributed by atoms with Crippen LogP contribution in [0.1, 0.15) is 30.6 Å². The second-order valence-electron chi connectivity index (χ2n) is 5.17. The van der Waals surface area contributed by atoms with E-state index < -0.39 is 4.92 Å². The van der Waals surface area contributed by atoms with Gasteiger partial charge in [-0.25, -0.2) is 0 Å². The average Bonchev–Trinajstić information content (AvgIpc) is 2.48. The summed E-state index contributed by atoms with van der Waals surface area (Å²) in [5, 5.41) is 16.8. The molecule has 1 aromatic rings. The lowest BCUT2D eigenvalue weighted by atomic mass is 10.0. The molecule has 0 bridgehead atoms. The number of carbonyl (C=O) groups is 1. The minimum atomic E-state index is -0.462. The maximum absolute atomic E-state index is 12.1. The van der Waals surface area contributed by atoms with Gasteiger partial charge < -0.3 is 10.6 Å². The monoisotopic (exact) mass is 263 g/mol. The van der Waals surface area contributed by atoms with Crippen molar-refractivity contribution >= 4 is 17.3 Å². The minimum Gasteiger partial charge on any atom is -0.382 e. The molecule has 0 fully saturated rings. The number of anilines is 1. The molecule has 1 aliphatic heterocycles. The SMILES string of the molecule is CC(C)CC1CNc2cc([N+](=O)[O-])ccc2C(=O)N1. The normalized spacial score (nSPS) is 18.3. The number of fused-ring (bicyclic) bond motifs is 1. The van der Waals surface area contributed by atoms with Gasteiger partial charge in [0.1, 0.15) is 0 Å². The van der Waals surface area contributed by atoms with Crippen LogP contribution in [0.3, 0.4) is 0 Å². The second-order valence-corrected chi connectivity index (χ2v) is 5.17. The Morgan fingerprint density at radius 2 is 2.21 bits per heavy atom. The summed E-state index contributed by atoms with van der Waals surface area (Å²) in [5.74, 6) is 0.295. The van der Waals surface area contributed by atoms with Gasteiger partial charge in [-0.15, -0.1) is 0 Å². The largest absolute Gasteiger partial charge is 0.382 e. The van der Waals surface area contributed by atoms with Crippen molar-refractivity contribution in [2.75, 3.05) is 11.9 Å². The molecule has 1 unspecified atom stereocenters. The van der Waals surface area contributed by atoms with Crippen LogP contribution in [-0.4, -0.2) is 23.4 Å². The number of rotatable bonds is 3. The summed E-state index contributed by atoms with van der Waals surface area (Å²) >= 11 is 0. The molecule has 6 heteroatoms. The van der Waals surface area contributed by atoms with Crippen LogP contribution in [0, 0.1) is 16.0 Å². The Morgan fingerprint density at radius 1 is 1.47 bits per heavy atom. The molecule has 0 spiro atoms. The molecule has 2 rings (SSSR count). The first-order chi connectivity index (χ1) is 8.97. The van der Waals surface area contributed by atoms with Gasteiger partial charge in [0.15, 0.2) is 0 Å². The second kappa shape index (κ2) is 5.26. The Balaban J connectivity index is 2.25. The Morgan fingerprint density at radius 3 is 2.84 bits per heavy atom. The summed E-state index contributed by atoms with van der Waals surface area (Å²) in [6, 6.07) is 4.29. The lowest BCUT2D eigenvalue weighted by molar-refractivity contribution is -0.384. The molecule has 1 amide bonds. The van der Waals surface area contributed by atoms with Crippen LogP contribution in [-0.2, 0) is 0 Å². The summed E-state index contributed by atoms with van der Waals surface area (Å²) in [6.07, 6.45) is 0.870. The number of hydrogen-bond acceptors (Lipinski definition) is 4. The van der Waals surface area contributed by atoms with Crippen molar-refractivity contribution in [3.05, 3.63) is 33.9 Å². The fourth-order valence-corrected chi connectivity index (χ4v) is 2.25. The first kappa shape index (κ1) is 13.3. The number of carbonyl (C=O) groups excluding carboxylic acids is 1. The van der Waals surface area contributed by atoms with Gasteiger partial charge in [-0.1, -0.05) is 13.8 Å². The predicted molar refractivity (Wildman–Crippen MR) is 72.3 cm³/mol. The van der Waals surface area contributed by atoms with Crippen molar-refractivity contribution in [3.63, 3.8) is 0 Å². The molecule has 6 nitrogen and oxygen atoms in total. The van der Waals surface area contributed by atoms with E-state index in [9.17, 15) is 14.9 Å². The third kappa shape index (κ3) is 3.01. The van der Waals surface area contributed by atoms with Gasteiger partial charge in [-0.3, -0.25) is 14.9 Å². The maximum atomic E-state index is 12.1. The zero-order chi connectivity index (χ0) is 14.0. The highest BCUT2D eigenvalue weighted by Crippen LogP contribution is 2.24. The molecule has 0 saturated heterocycles. The van der Waals surface area contributed by atoms with Crippen molar-refractivity contribution in [2.24, 2.45) is 5.92 Å². The van der Waals surface area contributed by atoms with Crippen LogP contribution in [0.5, 0.6) is 0 Å². The number of nitrogens with zero attached hydrogens (tertiary/aromatic N) is 1. The third-order valence-electron chi connectivity index (χ3n) is 3.09. The predicted octanol–water partition coefficient (Wildman–Crippen LogP) is 2.16. The molecule has 1 heterocycles. The summed E-state index contributed by atoms with van der Waals surface area (Å²) in [6.45, 7) is 4.77. The van der Waals surface area contributed by atoms with Crippen molar-refractivity contribution < 1.29 is 9.72 Å². The Kier molecular flexibility index (Phi) is 3.69. The molecule has 0 aromatic heterocycles. The third-order valence-corrected chi connectivity index (χ3v) is 3.09. The maximum Gasteiger partial charge on any atom is 0.271 e. The number of hydrogen-bond donors (Lipinski definition) is 2. The quantitative estimate of drug-likeness (QED) is 0.646. The highest BCUT2D eigenvalue weighted by atomic mass is 16.6.